The lowest BCUT2D eigenvalue weighted by Crippen LogP contribution is -2.39. The average molecular weight is 531 g/mol. The molecule has 1 saturated carbocycles. The van der Waals surface area contributed by atoms with Gasteiger partial charge in [-0.15, -0.1) is 0 Å². The number of halogens is 2. The van der Waals surface area contributed by atoms with Crippen LogP contribution in [0.5, 0.6) is 0 Å². The number of hydrogen-bond donors (Lipinski definition) is 1. The van der Waals surface area contributed by atoms with Crippen molar-refractivity contribution < 1.29 is 14.0 Å². The maximum atomic E-state index is 13.4. The van der Waals surface area contributed by atoms with E-state index in [0.717, 1.165) is 35.2 Å². The summed E-state index contributed by atoms with van der Waals surface area (Å²) < 4.78 is 15.2. The van der Waals surface area contributed by atoms with Crippen molar-refractivity contribution in [3.63, 3.8) is 0 Å². The third kappa shape index (κ3) is 5.94. The number of aryl methyl sites for hydroxylation is 2. The Balaban J connectivity index is 1.42. The van der Waals surface area contributed by atoms with Gasteiger partial charge in [0.15, 0.2) is 0 Å². The van der Waals surface area contributed by atoms with Gasteiger partial charge in [0.2, 0.25) is 11.9 Å². The minimum Gasteiger partial charge on any atom is -0.329 e. The van der Waals surface area contributed by atoms with Gasteiger partial charge in [0.1, 0.15) is 12.4 Å². The van der Waals surface area contributed by atoms with Gasteiger partial charge in [0.25, 0.3) is 5.91 Å². The van der Waals surface area contributed by atoms with Crippen molar-refractivity contribution in [2.45, 2.75) is 26.7 Å². The summed E-state index contributed by atoms with van der Waals surface area (Å²) in [4.78, 5) is 32.7. The molecule has 1 aromatic heterocycles. The summed E-state index contributed by atoms with van der Waals surface area (Å²) in [5.41, 5.74) is 5.01. The monoisotopic (exact) mass is 530 g/mol. The SMILES string of the molecule is Cc1ccc(-n2cc(-c3ccc(Cl)cc3)nc2NC(=O)CN(CC2CC2)C(=O)c2ccc(F)cc2)cc1C. The molecule has 2 amide bonds. The highest BCUT2D eigenvalue weighted by atomic mass is 35.5. The molecule has 0 saturated heterocycles. The molecule has 8 heteroatoms. The van der Waals surface area contributed by atoms with Gasteiger partial charge in [-0.2, -0.15) is 0 Å². The Hall–Kier alpha value is -3.97. The van der Waals surface area contributed by atoms with E-state index in [2.05, 4.69) is 5.32 Å². The van der Waals surface area contributed by atoms with Crippen LogP contribution in [-0.2, 0) is 4.79 Å². The molecule has 4 aromatic rings. The van der Waals surface area contributed by atoms with Crippen molar-refractivity contribution in [3.8, 4) is 16.9 Å². The van der Waals surface area contributed by atoms with Gasteiger partial charge in [-0.1, -0.05) is 29.8 Å². The summed E-state index contributed by atoms with van der Waals surface area (Å²) in [5, 5.41) is 3.54. The number of carbonyl (C=O) groups excluding carboxylic acids is 2. The summed E-state index contributed by atoms with van der Waals surface area (Å²) in [7, 11) is 0. The topological polar surface area (TPSA) is 67.2 Å². The fourth-order valence-corrected chi connectivity index (χ4v) is 4.37. The van der Waals surface area contributed by atoms with Crippen LogP contribution in [0.2, 0.25) is 5.02 Å². The highest BCUT2D eigenvalue weighted by molar-refractivity contribution is 6.30. The Kier molecular flexibility index (Phi) is 7.29. The lowest BCUT2D eigenvalue weighted by Gasteiger charge is -2.22. The molecule has 38 heavy (non-hydrogen) atoms. The first-order chi connectivity index (χ1) is 18.3. The Morgan fingerprint density at radius 1 is 1.03 bits per heavy atom. The molecule has 1 fully saturated rings. The van der Waals surface area contributed by atoms with Crippen molar-refractivity contribution >= 4 is 29.4 Å². The number of carbonyl (C=O) groups is 2. The highest BCUT2D eigenvalue weighted by Crippen LogP contribution is 2.30. The summed E-state index contributed by atoms with van der Waals surface area (Å²) in [5.74, 6) is -0.349. The van der Waals surface area contributed by atoms with E-state index < -0.39 is 5.82 Å². The molecule has 0 atom stereocenters. The van der Waals surface area contributed by atoms with Crippen LogP contribution in [0.1, 0.15) is 34.3 Å². The minimum atomic E-state index is -0.414. The molecule has 0 unspecified atom stereocenters. The molecule has 6 nitrogen and oxygen atoms in total. The molecule has 5 rings (SSSR count). The Morgan fingerprint density at radius 3 is 2.39 bits per heavy atom. The Morgan fingerprint density at radius 2 is 1.74 bits per heavy atom. The normalized spacial score (nSPS) is 12.8. The first kappa shape index (κ1) is 25.7. The van der Waals surface area contributed by atoms with E-state index in [4.69, 9.17) is 16.6 Å². The van der Waals surface area contributed by atoms with Crippen LogP contribution in [0.3, 0.4) is 0 Å². The molecule has 1 aliphatic carbocycles. The van der Waals surface area contributed by atoms with Gasteiger partial charge in [0.05, 0.1) is 5.69 Å². The first-order valence-electron chi connectivity index (χ1n) is 12.5. The average Bonchev–Trinajstić information content (AvgIpc) is 3.63. The lowest BCUT2D eigenvalue weighted by atomic mass is 10.1. The van der Waals surface area contributed by atoms with Crippen molar-refractivity contribution in [2.75, 3.05) is 18.4 Å². The van der Waals surface area contributed by atoms with Gasteiger partial charge in [-0.25, -0.2) is 9.37 Å². The van der Waals surface area contributed by atoms with Crippen molar-refractivity contribution in [1.82, 2.24) is 14.5 Å². The molecule has 1 heterocycles. The number of nitrogens with one attached hydrogen (secondary N) is 1. The summed E-state index contributed by atoms with van der Waals surface area (Å²) >= 11 is 6.07. The van der Waals surface area contributed by atoms with Gasteiger partial charge >= 0.3 is 0 Å². The second-order valence-electron chi connectivity index (χ2n) is 9.78. The van der Waals surface area contributed by atoms with E-state index in [1.165, 1.54) is 29.2 Å². The van der Waals surface area contributed by atoms with Crippen LogP contribution in [0.25, 0.3) is 16.9 Å². The van der Waals surface area contributed by atoms with Gasteiger partial charge in [0, 0.05) is 34.6 Å². The quantitative estimate of drug-likeness (QED) is 0.285. The van der Waals surface area contributed by atoms with E-state index in [9.17, 15) is 14.0 Å². The molecule has 3 aromatic carbocycles. The van der Waals surface area contributed by atoms with E-state index in [0.29, 0.717) is 34.7 Å². The number of imidazole rings is 1. The zero-order chi connectivity index (χ0) is 26.8. The van der Waals surface area contributed by atoms with Crippen LogP contribution in [-0.4, -0.2) is 39.4 Å². The van der Waals surface area contributed by atoms with Crippen molar-refractivity contribution in [1.29, 1.82) is 0 Å². The van der Waals surface area contributed by atoms with Crippen LogP contribution in [0.15, 0.2) is 72.9 Å². The van der Waals surface area contributed by atoms with Gasteiger partial charge in [-0.05, 0) is 92.3 Å². The second-order valence-corrected chi connectivity index (χ2v) is 10.2. The third-order valence-corrected chi connectivity index (χ3v) is 7.01. The molecule has 0 bridgehead atoms. The predicted molar refractivity (Wildman–Crippen MR) is 147 cm³/mol. The zero-order valence-electron chi connectivity index (χ0n) is 21.2. The van der Waals surface area contributed by atoms with E-state index in [1.807, 2.05) is 54.9 Å². The predicted octanol–water partition coefficient (Wildman–Crippen LogP) is 6.44. The number of nitrogens with zero attached hydrogens (tertiary/aromatic N) is 3. The highest BCUT2D eigenvalue weighted by Gasteiger charge is 2.29. The molecule has 0 aliphatic heterocycles. The second kappa shape index (κ2) is 10.8. The van der Waals surface area contributed by atoms with Crippen LogP contribution >= 0.6 is 11.6 Å². The molecule has 1 N–H and O–H groups in total. The fourth-order valence-electron chi connectivity index (χ4n) is 4.24. The van der Waals surface area contributed by atoms with Crippen molar-refractivity contribution in [3.05, 3.63) is 100 Å². The third-order valence-electron chi connectivity index (χ3n) is 6.75. The fraction of sp³-hybridized carbons (Fsp3) is 0.233. The Bertz CT molecular complexity index is 1480. The summed E-state index contributed by atoms with van der Waals surface area (Å²) in [6.07, 6.45) is 3.92. The lowest BCUT2D eigenvalue weighted by molar-refractivity contribution is -0.117. The minimum absolute atomic E-state index is 0.136. The molecular weight excluding hydrogens is 503 g/mol. The van der Waals surface area contributed by atoms with Crippen molar-refractivity contribution in [2.24, 2.45) is 5.92 Å². The molecule has 194 valence electrons. The van der Waals surface area contributed by atoms with Gasteiger partial charge < -0.3 is 4.90 Å². The first-order valence-corrected chi connectivity index (χ1v) is 12.9. The van der Waals surface area contributed by atoms with E-state index in [-0.39, 0.29) is 18.4 Å². The maximum absolute atomic E-state index is 13.4. The molecule has 0 radical (unpaired) electrons. The van der Waals surface area contributed by atoms with Crippen LogP contribution in [0.4, 0.5) is 10.3 Å². The number of hydrogen-bond acceptors (Lipinski definition) is 3. The number of rotatable bonds is 8. The van der Waals surface area contributed by atoms with Crippen LogP contribution < -0.4 is 5.32 Å². The molecular formula is C30H28ClFN4O2. The maximum Gasteiger partial charge on any atom is 0.254 e. The van der Waals surface area contributed by atoms with Gasteiger partial charge in [-0.3, -0.25) is 19.5 Å². The molecule has 1 aliphatic rings. The number of aromatic nitrogens is 2. The van der Waals surface area contributed by atoms with E-state index in [1.54, 1.807) is 12.1 Å². The van der Waals surface area contributed by atoms with E-state index >= 15 is 0 Å². The number of amides is 2. The van der Waals surface area contributed by atoms with Crippen LogP contribution in [0, 0.1) is 25.6 Å². The smallest absolute Gasteiger partial charge is 0.254 e. The zero-order valence-corrected chi connectivity index (χ0v) is 22.0. The molecule has 0 spiro atoms. The summed E-state index contributed by atoms with van der Waals surface area (Å²) in [6.45, 7) is 4.42. The summed E-state index contributed by atoms with van der Waals surface area (Å²) in [6, 6.07) is 18.8. The Labute approximate surface area is 226 Å². The standard InChI is InChI=1S/C30H28ClFN4O2/c1-19-3-14-26(15-20(19)2)36-17-27(22-6-10-24(31)11-7-22)33-30(36)34-28(37)18-35(16-21-4-5-21)29(38)23-8-12-25(32)13-9-23/h3,6-15,17,21H,4-5,16,18H2,1-2H3,(H,33,34,37). The number of anilines is 1. The number of benzene rings is 3. The largest absolute Gasteiger partial charge is 0.329 e.